The first kappa shape index (κ1) is 18.4. The summed E-state index contributed by atoms with van der Waals surface area (Å²) >= 11 is 0. The summed E-state index contributed by atoms with van der Waals surface area (Å²) in [6.45, 7) is 0. The van der Waals surface area contributed by atoms with Crippen LogP contribution in [0.1, 0.15) is 25.7 Å². The van der Waals surface area contributed by atoms with Crippen LogP contribution in [-0.4, -0.2) is 0 Å². The van der Waals surface area contributed by atoms with Crippen molar-refractivity contribution in [1.82, 2.24) is 0 Å². The van der Waals surface area contributed by atoms with Gasteiger partial charge in [0.25, 0.3) is 0 Å². The Bertz CT molecular complexity index is 96.7. The molecule has 1 aliphatic carbocycles. The summed E-state index contributed by atoms with van der Waals surface area (Å²) in [5.41, 5.74) is 0. The van der Waals surface area contributed by atoms with Crippen LogP contribution in [0, 0.1) is 0 Å². The third kappa shape index (κ3) is 11.6. The number of hydrogen-bond donors (Lipinski definition) is 0. The second kappa shape index (κ2) is 14.1. The van der Waals surface area contributed by atoms with Gasteiger partial charge in [-0.15, -0.1) is 0 Å². The topological polar surface area (TPSA) is 0 Å². The predicted molar refractivity (Wildman–Crippen MR) is 36.7 cm³/mol. The summed E-state index contributed by atoms with van der Waals surface area (Å²) in [7, 11) is 0. The van der Waals surface area contributed by atoms with Crippen molar-refractivity contribution >= 4 is 0 Å². The number of allylic oxidation sites excluding steroid dienone is 4. The Hall–Kier alpha value is 1.60. The maximum atomic E-state index is 2.23. The normalized spacial score (nSPS) is 20.4. The van der Waals surface area contributed by atoms with Gasteiger partial charge < -0.3 is 48.0 Å². The van der Waals surface area contributed by atoms with Crippen LogP contribution < -0.4 is 48.0 Å². The van der Waals surface area contributed by atoms with Gasteiger partial charge in [-0.1, -0.05) is 24.3 Å². The average molecular weight is 468 g/mol. The molecule has 0 N–H and O–H groups in total. The summed E-state index contributed by atoms with van der Waals surface area (Å²) in [4.78, 5) is 0. The Morgan fingerprint density at radius 2 is 1.09 bits per heavy atom. The molecule has 0 radical (unpaired) electrons. The van der Waals surface area contributed by atoms with Gasteiger partial charge in [0.2, 0.25) is 0 Å². The molecule has 0 saturated carbocycles. The molecule has 0 aliphatic heterocycles. The van der Waals surface area contributed by atoms with E-state index >= 15 is 0 Å². The van der Waals surface area contributed by atoms with E-state index in [-0.39, 0.29) is 68.4 Å². The van der Waals surface area contributed by atoms with Crippen LogP contribution in [0.3, 0.4) is 0 Å². The van der Waals surface area contributed by atoms with Gasteiger partial charge in [0.05, 0.1) is 0 Å². The van der Waals surface area contributed by atoms with E-state index < -0.39 is 0 Å². The predicted octanol–water partition coefficient (Wildman–Crippen LogP) is -3.32. The molecule has 3 heteroatoms. The quantitative estimate of drug-likeness (QED) is 0.258. The first-order valence-electron chi connectivity index (χ1n) is 3.32. The van der Waals surface area contributed by atoms with Crippen molar-refractivity contribution < 1.29 is 68.4 Å². The fourth-order valence-electron chi connectivity index (χ4n) is 0.874. The maximum absolute atomic E-state index is 2.23. The summed E-state index contributed by atoms with van der Waals surface area (Å²) in [5.74, 6) is 0. The first-order valence-corrected chi connectivity index (χ1v) is 3.32. The van der Waals surface area contributed by atoms with Crippen molar-refractivity contribution in [3.8, 4) is 0 Å². The molecule has 1 aliphatic rings. The van der Waals surface area contributed by atoms with E-state index in [0.29, 0.717) is 0 Å². The zero-order valence-corrected chi connectivity index (χ0v) is 12.1. The van der Waals surface area contributed by atoms with E-state index in [0.717, 1.165) is 0 Å². The van der Waals surface area contributed by atoms with Crippen molar-refractivity contribution in [3.05, 3.63) is 24.3 Å². The SMILES string of the molecule is C1=C\CCCC\C=C/1.[I-].[I-].[Pd+2]. The Kier molecular flexibility index (Phi) is 23.7. The van der Waals surface area contributed by atoms with Crippen LogP contribution >= 0.6 is 0 Å². The van der Waals surface area contributed by atoms with Crippen molar-refractivity contribution in [1.29, 1.82) is 0 Å². The molecule has 0 aromatic carbocycles. The molecular formula is C8H12I2Pd. The van der Waals surface area contributed by atoms with E-state index in [4.69, 9.17) is 0 Å². The van der Waals surface area contributed by atoms with Gasteiger partial charge in [0.15, 0.2) is 0 Å². The van der Waals surface area contributed by atoms with E-state index in [9.17, 15) is 0 Å². The largest absolute Gasteiger partial charge is 2.00 e. The van der Waals surface area contributed by atoms with E-state index in [1.54, 1.807) is 0 Å². The molecule has 0 spiro atoms. The minimum absolute atomic E-state index is 0. The van der Waals surface area contributed by atoms with Gasteiger partial charge in [-0.3, -0.25) is 0 Å². The zero-order chi connectivity index (χ0) is 5.66. The van der Waals surface area contributed by atoms with E-state index in [1.807, 2.05) is 0 Å². The summed E-state index contributed by atoms with van der Waals surface area (Å²) in [6, 6.07) is 0. The molecule has 0 atom stereocenters. The van der Waals surface area contributed by atoms with E-state index in [2.05, 4.69) is 24.3 Å². The second-order valence-corrected chi connectivity index (χ2v) is 2.14. The molecule has 11 heavy (non-hydrogen) atoms. The molecule has 1 rings (SSSR count). The molecule has 0 heterocycles. The Morgan fingerprint density at radius 1 is 0.727 bits per heavy atom. The maximum Gasteiger partial charge on any atom is 2.00 e. The third-order valence-corrected chi connectivity index (χ3v) is 1.37. The van der Waals surface area contributed by atoms with Crippen molar-refractivity contribution in [2.24, 2.45) is 0 Å². The van der Waals surface area contributed by atoms with Crippen molar-refractivity contribution in [2.75, 3.05) is 0 Å². The van der Waals surface area contributed by atoms with Crippen LogP contribution in [0.25, 0.3) is 0 Å². The molecule has 0 aromatic rings. The second-order valence-electron chi connectivity index (χ2n) is 2.14. The van der Waals surface area contributed by atoms with Gasteiger partial charge in [0, 0.05) is 0 Å². The molecule has 0 fully saturated rings. The molecule has 0 amide bonds. The minimum atomic E-state index is 0. The van der Waals surface area contributed by atoms with Gasteiger partial charge in [-0.25, -0.2) is 0 Å². The summed E-state index contributed by atoms with van der Waals surface area (Å²) in [6.07, 6.45) is 14.0. The monoisotopic (exact) mass is 468 g/mol. The van der Waals surface area contributed by atoms with Crippen LogP contribution in [0.5, 0.6) is 0 Å². The third-order valence-electron chi connectivity index (χ3n) is 1.37. The zero-order valence-electron chi connectivity index (χ0n) is 6.21. The molecule has 68 valence electrons. The standard InChI is InChI=1S/C8H12.2HI.Pd/c1-2-4-6-8-7-5-3-1;;;/h1-4H,5-8H2;2*1H;/q;;;+2/p-2/b3-1-,4-2-;;;. The minimum Gasteiger partial charge on any atom is -1.00 e. The smallest absolute Gasteiger partial charge is 1.00 e. The van der Waals surface area contributed by atoms with Gasteiger partial charge in [0.1, 0.15) is 0 Å². The van der Waals surface area contributed by atoms with Crippen LogP contribution in [-0.2, 0) is 20.4 Å². The molecule has 0 bridgehead atoms. The molecule has 0 unspecified atom stereocenters. The van der Waals surface area contributed by atoms with Crippen molar-refractivity contribution in [2.45, 2.75) is 25.7 Å². The Labute approximate surface area is 117 Å². The first-order chi connectivity index (χ1) is 4.00. The Balaban J connectivity index is -0.000000213. The molecule has 0 saturated heterocycles. The fourth-order valence-corrected chi connectivity index (χ4v) is 0.874. The van der Waals surface area contributed by atoms with Crippen LogP contribution in [0.15, 0.2) is 24.3 Å². The molecule has 0 aromatic heterocycles. The van der Waals surface area contributed by atoms with Crippen LogP contribution in [0.2, 0.25) is 0 Å². The summed E-state index contributed by atoms with van der Waals surface area (Å²) < 4.78 is 0. The number of rotatable bonds is 0. The fraction of sp³-hybridized carbons (Fsp3) is 0.500. The van der Waals surface area contributed by atoms with Gasteiger partial charge >= 0.3 is 20.4 Å². The average Bonchev–Trinajstić information content (AvgIpc) is 1.62. The van der Waals surface area contributed by atoms with Crippen molar-refractivity contribution in [3.63, 3.8) is 0 Å². The van der Waals surface area contributed by atoms with E-state index in [1.165, 1.54) is 25.7 Å². The van der Waals surface area contributed by atoms with Gasteiger partial charge in [-0.2, -0.15) is 0 Å². The number of hydrogen-bond acceptors (Lipinski definition) is 0. The molecule has 0 nitrogen and oxygen atoms in total. The Morgan fingerprint density at radius 3 is 1.45 bits per heavy atom. The molecular weight excluding hydrogens is 456 g/mol. The number of halogens is 2. The summed E-state index contributed by atoms with van der Waals surface area (Å²) in [5, 5.41) is 0. The van der Waals surface area contributed by atoms with Crippen LogP contribution in [0.4, 0.5) is 0 Å². The van der Waals surface area contributed by atoms with Gasteiger partial charge in [-0.05, 0) is 25.7 Å².